The zero-order chi connectivity index (χ0) is 14.0. The number of rotatable bonds is 3. The molecule has 0 fully saturated rings. The second-order valence-electron chi connectivity index (χ2n) is 4.70. The second-order valence-corrected chi connectivity index (χ2v) is 5.62. The monoisotopic (exact) mass is 319 g/mol. The Hall–Kier alpha value is -1.48. The summed E-state index contributed by atoms with van der Waals surface area (Å²) in [5, 5.41) is 0. The van der Waals surface area contributed by atoms with Crippen LogP contribution in [0.3, 0.4) is 0 Å². The first kappa shape index (κ1) is 13.9. The topological polar surface area (TPSA) is 35.2 Å². The number of ether oxygens (including phenoxy) is 1. The van der Waals surface area contributed by atoms with E-state index >= 15 is 0 Å². The summed E-state index contributed by atoms with van der Waals surface area (Å²) in [4.78, 5) is 0. The van der Waals surface area contributed by atoms with Gasteiger partial charge in [-0.25, -0.2) is 0 Å². The fraction of sp³-hybridized carbons (Fsp3) is 0.250. The number of hydrogen-bond acceptors (Lipinski definition) is 2. The van der Waals surface area contributed by atoms with E-state index in [0.717, 1.165) is 44.8 Å². The fourth-order valence-corrected chi connectivity index (χ4v) is 2.66. The molecule has 2 rings (SSSR count). The Morgan fingerprint density at radius 2 is 1.89 bits per heavy atom. The van der Waals surface area contributed by atoms with Gasteiger partial charge in [0.05, 0.1) is 5.69 Å². The van der Waals surface area contributed by atoms with Crippen molar-refractivity contribution in [2.24, 2.45) is 0 Å². The number of anilines is 1. The van der Waals surface area contributed by atoms with Gasteiger partial charge in [0, 0.05) is 4.47 Å². The van der Waals surface area contributed by atoms with Crippen LogP contribution in [0.25, 0.3) is 0 Å². The molecule has 2 aromatic carbocycles. The molecule has 3 heteroatoms. The molecule has 0 amide bonds. The molecule has 0 heterocycles. The van der Waals surface area contributed by atoms with Crippen molar-refractivity contribution in [3.8, 4) is 11.5 Å². The van der Waals surface area contributed by atoms with Crippen LogP contribution in [0.5, 0.6) is 11.5 Å². The van der Waals surface area contributed by atoms with Gasteiger partial charge in [0.15, 0.2) is 5.75 Å². The maximum Gasteiger partial charge on any atom is 0.153 e. The summed E-state index contributed by atoms with van der Waals surface area (Å²) in [6, 6.07) is 10.1. The average Bonchev–Trinajstić information content (AvgIpc) is 2.33. The van der Waals surface area contributed by atoms with Gasteiger partial charge in [-0.3, -0.25) is 0 Å². The van der Waals surface area contributed by atoms with Crippen molar-refractivity contribution in [1.29, 1.82) is 0 Å². The lowest BCUT2D eigenvalue weighted by molar-refractivity contribution is 0.480. The van der Waals surface area contributed by atoms with Gasteiger partial charge in [-0.05, 0) is 55.2 Å². The number of aryl methyl sites for hydroxylation is 3. The molecule has 0 aliphatic heterocycles. The van der Waals surface area contributed by atoms with E-state index in [4.69, 9.17) is 10.5 Å². The summed E-state index contributed by atoms with van der Waals surface area (Å²) in [7, 11) is 0. The van der Waals surface area contributed by atoms with E-state index in [1.807, 2.05) is 32.0 Å². The third-order valence-corrected chi connectivity index (χ3v) is 3.56. The summed E-state index contributed by atoms with van der Waals surface area (Å²) >= 11 is 3.48. The smallest absolute Gasteiger partial charge is 0.153 e. The van der Waals surface area contributed by atoms with Crippen LogP contribution in [0, 0.1) is 13.8 Å². The van der Waals surface area contributed by atoms with Crippen LogP contribution in [0.4, 0.5) is 5.69 Å². The molecule has 0 aromatic heterocycles. The molecule has 0 saturated carbocycles. The highest BCUT2D eigenvalue weighted by Crippen LogP contribution is 2.35. The van der Waals surface area contributed by atoms with Crippen molar-refractivity contribution in [2.75, 3.05) is 5.73 Å². The first-order chi connectivity index (χ1) is 9.01. The van der Waals surface area contributed by atoms with Crippen molar-refractivity contribution in [1.82, 2.24) is 0 Å². The predicted molar refractivity (Wildman–Crippen MR) is 83.9 cm³/mol. The van der Waals surface area contributed by atoms with Gasteiger partial charge in [-0.15, -0.1) is 0 Å². The van der Waals surface area contributed by atoms with Gasteiger partial charge in [0.25, 0.3) is 0 Å². The lowest BCUT2D eigenvalue weighted by Crippen LogP contribution is -1.99. The van der Waals surface area contributed by atoms with Gasteiger partial charge < -0.3 is 10.5 Å². The highest BCUT2D eigenvalue weighted by atomic mass is 79.9. The maximum absolute atomic E-state index is 6.18. The third-order valence-electron chi connectivity index (χ3n) is 3.10. The summed E-state index contributed by atoms with van der Waals surface area (Å²) in [5.74, 6) is 1.56. The molecule has 0 aliphatic carbocycles. The summed E-state index contributed by atoms with van der Waals surface area (Å²) in [6.45, 7) is 6.14. The minimum atomic E-state index is 0.736. The number of nitrogen functional groups attached to an aromatic ring is 1. The minimum Gasteiger partial charge on any atom is -0.455 e. The number of nitrogens with two attached hydrogens (primary N) is 1. The van der Waals surface area contributed by atoms with Crippen molar-refractivity contribution in [3.63, 3.8) is 0 Å². The second kappa shape index (κ2) is 5.66. The molecular formula is C16H18BrNO. The van der Waals surface area contributed by atoms with E-state index < -0.39 is 0 Å². The van der Waals surface area contributed by atoms with Gasteiger partial charge in [0.2, 0.25) is 0 Å². The molecule has 0 atom stereocenters. The Morgan fingerprint density at radius 1 is 1.16 bits per heavy atom. The average molecular weight is 320 g/mol. The first-order valence-electron chi connectivity index (χ1n) is 6.34. The van der Waals surface area contributed by atoms with Crippen molar-refractivity contribution >= 4 is 21.6 Å². The van der Waals surface area contributed by atoms with Crippen LogP contribution >= 0.6 is 15.9 Å². The van der Waals surface area contributed by atoms with Crippen LogP contribution in [0.2, 0.25) is 0 Å². The van der Waals surface area contributed by atoms with E-state index in [2.05, 4.69) is 35.0 Å². The van der Waals surface area contributed by atoms with Gasteiger partial charge in [-0.2, -0.15) is 0 Å². The standard InChI is InChI=1S/C16H18BrNO/c1-4-12-6-5-11(3)16(15(12)18)19-14-8-10(2)7-13(17)9-14/h5-9H,4,18H2,1-3H3. The van der Waals surface area contributed by atoms with E-state index in [-0.39, 0.29) is 0 Å². The molecule has 0 bridgehead atoms. The Morgan fingerprint density at radius 3 is 2.53 bits per heavy atom. The Kier molecular flexibility index (Phi) is 4.15. The Labute approximate surface area is 122 Å². The zero-order valence-corrected chi connectivity index (χ0v) is 13.0. The Balaban J connectivity index is 2.42. The molecule has 100 valence electrons. The molecule has 2 aromatic rings. The van der Waals surface area contributed by atoms with E-state index in [1.165, 1.54) is 0 Å². The molecular weight excluding hydrogens is 302 g/mol. The molecule has 2 nitrogen and oxygen atoms in total. The fourth-order valence-electron chi connectivity index (χ4n) is 2.07. The number of benzene rings is 2. The molecule has 0 unspecified atom stereocenters. The van der Waals surface area contributed by atoms with Crippen LogP contribution in [-0.4, -0.2) is 0 Å². The summed E-state index contributed by atoms with van der Waals surface area (Å²) in [5.41, 5.74) is 10.2. The lowest BCUT2D eigenvalue weighted by atomic mass is 10.1. The summed E-state index contributed by atoms with van der Waals surface area (Å²) in [6.07, 6.45) is 0.903. The third kappa shape index (κ3) is 3.10. The first-order valence-corrected chi connectivity index (χ1v) is 7.13. The van der Waals surface area contributed by atoms with Gasteiger partial charge in [-0.1, -0.05) is 35.0 Å². The van der Waals surface area contributed by atoms with E-state index in [9.17, 15) is 0 Å². The van der Waals surface area contributed by atoms with Crippen molar-refractivity contribution < 1.29 is 4.74 Å². The Bertz CT molecular complexity index is 588. The highest BCUT2D eigenvalue weighted by molar-refractivity contribution is 9.10. The molecule has 0 saturated heterocycles. The number of hydrogen-bond donors (Lipinski definition) is 1. The molecule has 0 aliphatic rings. The normalized spacial score (nSPS) is 10.5. The van der Waals surface area contributed by atoms with Gasteiger partial charge in [0.1, 0.15) is 5.75 Å². The lowest BCUT2D eigenvalue weighted by Gasteiger charge is -2.14. The quantitative estimate of drug-likeness (QED) is 0.808. The predicted octanol–water partition coefficient (Wildman–Crippen LogP) is 5.00. The van der Waals surface area contributed by atoms with Crippen LogP contribution in [0.1, 0.15) is 23.6 Å². The molecule has 0 spiro atoms. The van der Waals surface area contributed by atoms with E-state index in [0.29, 0.717) is 0 Å². The van der Waals surface area contributed by atoms with Crippen LogP contribution < -0.4 is 10.5 Å². The number of halogens is 1. The molecule has 2 N–H and O–H groups in total. The summed E-state index contributed by atoms with van der Waals surface area (Å²) < 4.78 is 6.99. The van der Waals surface area contributed by atoms with Crippen LogP contribution in [-0.2, 0) is 6.42 Å². The minimum absolute atomic E-state index is 0.736. The molecule has 19 heavy (non-hydrogen) atoms. The molecule has 0 radical (unpaired) electrons. The zero-order valence-electron chi connectivity index (χ0n) is 11.5. The SMILES string of the molecule is CCc1ccc(C)c(Oc2cc(C)cc(Br)c2)c1N. The maximum atomic E-state index is 6.18. The van der Waals surface area contributed by atoms with E-state index in [1.54, 1.807) is 0 Å². The largest absolute Gasteiger partial charge is 0.455 e. The van der Waals surface area contributed by atoms with Crippen LogP contribution in [0.15, 0.2) is 34.8 Å². The van der Waals surface area contributed by atoms with Gasteiger partial charge >= 0.3 is 0 Å². The van der Waals surface area contributed by atoms with Crippen molar-refractivity contribution in [2.45, 2.75) is 27.2 Å². The van der Waals surface area contributed by atoms with Crippen molar-refractivity contribution in [3.05, 3.63) is 51.5 Å². The highest BCUT2D eigenvalue weighted by Gasteiger charge is 2.10.